The molecule has 0 bridgehead atoms. The molecule has 0 aromatic rings. The average molecular weight is 847 g/mol. The third-order valence-electron chi connectivity index (χ3n) is 11.0. The molecule has 0 saturated carbocycles. The van der Waals surface area contributed by atoms with Crippen molar-refractivity contribution < 1.29 is 52.5 Å². The normalized spacial score (nSPS) is 24.7. The SMILES string of the molecule is CCC(C)C(=O)OCC(C)(C)COC(=O)C(CC)CC(C)(CC(C)(CC(C)C(=O)OCCO[Si]1(C)C[SiH](C)C[SiH](C)C[SiH](C)C1)C(=O)OC(C)(C)C)C(=O)O. The van der Waals surface area contributed by atoms with Gasteiger partial charge in [-0.05, 0) is 84.6 Å². The average Bonchev–Trinajstić information content (AvgIpc) is 3.04. The Hall–Kier alpha value is -1.82. The van der Waals surface area contributed by atoms with E-state index >= 15 is 0 Å². The molecule has 15 heteroatoms. The molecule has 7 unspecified atom stereocenters. The van der Waals surface area contributed by atoms with E-state index in [1.54, 1.807) is 48.5 Å². The zero-order valence-corrected chi connectivity index (χ0v) is 41.7. The molecule has 0 spiro atoms. The molecule has 1 heterocycles. The van der Waals surface area contributed by atoms with Gasteiger partial charge >= 0.3 is 29.8 Å². The molecule has 0 aromatic heterocycles. The van der Waals surface area contributed by atoms with E-state index in [2.05, 4.69) is 26.2 Å². The summed E-state index contributed by atoms with van der Waals surface area (Å²) in [6.07, 6.45) is 0.687. The van der Waals surface area contributed by atoms with Crippen molar-refractivity contribution in [1.82, 2.24) is 0 Å². The van der Waals surface area contributed by atoms with Crippen LogP contribution in [0.5, 0.6) is 0 Å². The summed E-state index contributed by atoms with van der Waals surface area (Å²) in [6, 6.07) is 0. The van der Waals surface area contributed by atoms with Crippen LogP contribution in [-0.4, -0.2) is 102 Å². The fraction of sp³-hybridized carbons (Fsp3) is 0.875. The molecular formula is C40H78O11Si4. The fourth-order valence-corrected chi connectivity index (χ4v) is 41.6. The lowest BCUT2D eigenvalue weighted by Crippen LogP contribution is -2.47. The minimum atomic E-state index is -1.85. The first-order chi connectivity index (χ1) is 25.1. The van der Waals surface area contributed by atoms with Crippen LogP contribution < -0.4 is 0 Å². The summed E-state index contributed by atoms with van der Waals surface area (Å²) in [7, 11) is -4.01. The van der Waals surface area contributed by atoms with Crippen LogP contribution in [0.25, 0.3) is 0 Å². The van der Waals surface area contributed by atoms with Gasteiger partial charge in [-0.25, -0.2) is 0 Å². The summed E-state index contributed by atoms with van der Waals surface area (Å²) in [6.45, 7) is 29.6. The maximum atomic E-state index is 13.9. The van der Waals surface area contributed by atoms with Gasteiger partial charge in [0, 0.05) is 31.8 Å². The molecule has 0 aliphatic carbocycles. The number of aliphatic carboxylic acids is 1. The van der Waals surface area contributed by atoms with E-state index in [-0.39, 0.29) is 51.0 Å². The van der Waals surface area contributed by atoms with Gasteiger partial charge in [0.15, 0.2) is 8.32 Å². The molecule has 7 atom stereocenters. The van der Waals surface area contributed by atoms with Crippen molar-refractivity contribution >= 4 is 64.6 Å². The molecule has 1 aliphatic rings. The third kappa shape index (κ3) is 18.1. The van der Waals surface area contributed by atoms with E-state index < -0.39 is 92.3 Å². The van der Waals surface area contributed by atoms with E-state index in [1.807, 2.05) is 20.8 Å². The van der Waals surface area contributed by atoms with Gasteiger partial charge in [-0.3, -0.25) is 24.0 Å². The van der Waals surface area contributed by atoms with Crippen molar-refractivity contribution in [3.63, 3.8) is 0 Å². The molecule has 0 radical (unpaired) electrons. The Labute approximate surface area is 339 Å². The highest BCUT2D eigenvalue weighted by Crippen LogP contribution is 2.45. The van der Waals surface area contributed by atoms with Crippen LogP contribution in [-0.2, 0) is 47.3 Å². The largest absolute Gasteiger partial charge is 0.481 e. The summed E-state index contributed by atoms with van der Waals surface area (Å²) < 4.78 is 29.3. The Morgan fingerprint density at radius 3 is 1.67 bits per heavy atom. The Kier molecular flexibility index (Phi) is 20.3. The van der Waals surface area contributed by atoms with Crippen LogP contribution in [0, 0.1) is 34.0 Å². The maximum absolute atomic E-state index is 13.9. The zero-order valence-electron chi connectivity index (χ0n) is 37.2. The van der Waals surface area contributed by atoms with Crippen LogP contribution in [0.15, 0.2) is 0 Å². The summed E-state index contributed by atoms with van der Waals surface area (Å²) in [5.41, 5.74) is 1.11. The van der Waals surface area contributed by atoms with E-state index in [0.717, 1.165) is 0 Å². The molecule has 1 fully saturated rings. The van der Waals surface area contributed by atoms with Gasteiger partial charge in [0.1, 0.15) is 12.2 Å². The number of carboxylic acids is 1. The predicted octanol–water partition coefficient (Wildman–Crippen LogP) is 7.29. The lowest BCUT2D eigenvalue weighted by molar-refractivity contribution is -0.173. The molecule has 0 amide bonds. The minimum Gasteiger partial charge on any atom is -0.481 e. The Morgan fingerprint density at radius 2 is 1.20 bits per heavy atom. The summed E-state index contributed by atoms with van der Waals surface area (Å²) in [4.78, 5) is 65.9. The molecule has 1 aliphatic heterocycles. The van der Waals surface area contributed by atoms with Gasteiger partial charge in [-0.2, -0.15) is 0 Å². The smallest absolute Gasteiger partial charge is 0.312 e. The van der Waals surface area contributed by atoms with Crippen LogP contribution in [0.3, 0.4) is 0 Å². The quantitative estimate of drug-likeness (QED) is 0.0537. The molecule has 0 aromatic carbocycles. The molecule has 1 rings (SSSR count). The Bertz CT molecular complexity index is 1270. The van der Waals surface area contributed by atoms with Gasteiger partial charge in [0.2, 0.25) is 0 Å². The first-order valence-corrected chi connectivity index (χ1v) is 31.9. The molecule has 11 nitrogen and oxygen atoms in total. The number of carboxylic acid groups (broad SMARTS) is 1. The first kappa shape index (κ1) is 51.2. The summed E-state index contributed by atoms with van der Waals surface area (Å²) >= 11 is 0. The van der Waals surface area contributed by atoms with Crippen molar-refractivity contribution in [2.24, 2.45) is 34.0 Å². The first-order valence-electron chi connectivity index (χ1n) is 20.7. The number of ether oxygens (including phenoxy) is 4. The molecule has 1 saturated heterocycles. The van der Waals surface area contributed by atoms with Crippen molar-refractivity contribution in [1.29, 1.82) is 0 Å². The lowest BCUT2D eigenvalue weighted by Gasteiger charge is -2.39. The molecule has 55 heavy (non-hydrogen) atoms. The van der Waals surface area contributed by atoms with Crippen LogP contribution in [0.2, 0.25) is 48.9 Å². The van der Waals surface area contributed by atoms with E-state index in [1.165, 1.54) is 29.6 Å². The standard InChI is InChI=1S/C40H78O11Si4/c1-16-29(3)32(41)48-23-38(8,9)24-49-34(43)31(17-2)21-39(10,35(44)45)22-40(11,36(46)51-37(5,6)7)20-30(4)33(42)47-18-19-50-55(15)27-53(13)25-52(12)26-54(14)28-55/h29-31,52-54H,16-28H2,1-15H3,(H,44,45). The van der Waals surface area contributed by atoms with Gasteiger partial charge in [0.05, 0.1) is 48.4 Å². The number of hydrogen-bond acceptors (Lipinski definition) is 10. The number of esters is 4. The number of carbonyl (C=O) groups excluding carboxylic acids is 4. The predicted molar refractivity (Wildman–Crippen MR) is 228 cm³/mol. The van der Waals surface area contributed by atoms with Crippen molar-refractivity contribution in [3.05, 3.63) is 0 Å². The minimum absolute atomic E-state index is 0.00393. The second-order valence-corrected chi connectivity index (χ2v) is 36.7. The van der Waals surface area contributed by atoms with E-state index in [4.69, 9.17) is 23.4 Å². The third-order valence-corrected chi connectivity index (χ3v) is 37.3. The van der Waals surface area contributed by atoms with Gasteiger partial charge in [0.25, 0.3) is 0 Å². The van der Waals surface area contributed by atoms with E-state index in [9.17, 15) is 29.1 Å². The van der Waals surface area contributed by atoms with Crippen molar-refractivity contribution in [3.8, 4) is 0 Å². The monoisotopic (exact) mass is 846 g/mol. The maximum Gasteiger partial charge on any atom is 0.312 e. The number of carbonyl (C=O) groups is 5. The second-order valence-electron chi connectivity index (χ2n) is 19.9. The number of hydrogen-bond donors (Lipinski definition) is 1. The van der Waals surface area contributed by atoms with Gasteiger partial charge in [-0.15, -0.1) is 0 Å². The van der Waals surface area contributed by atoms with Crippen LogP contribution in [0.1, 0.15) is 108 Å². The molecule has 1 N–H and O–H groups in total. The van der Waals surface area contributed by atoms with Crippen molar-refractivity contribution in [2.45, 2.75) is 163 Å². The van der Waals surface area contributed by atoms with Crippen molar-refractivity contribution in [2.75, 3.05) is 26.4 Å². The zero-order chi connectivity index (χ0) is 42.6. The van der Waals surface area contributed by atoms with Gasteiger partial charge in [-0.1, -0.05) is 72.5 Å². The molecular weight excluding hydrogens is 769 g/mol. The fourth-order valence-electron chi connectivity index (χ4n) is 8.31. The Morgan fingerprint density at radius 1 is 0.691 bits per heavy atom. The highest BCUT2D eigenvalue weighted by atomic mass is 28.4. The van der Waals surface area contributed by atoms with Crippen LogP contribution in [0.4, 0.5) is 0 Å². The highest BCUT2D eigenvalue weighted by molar-refractivity contribution is 6.98. The summed E-state index contributed by atoms with van der Waals surface area (Å²) in [5.74, 6) is -4.88. The lowest BCUT2D eigenvalue weighted by atomic mass is 9.66. The van der Waals surface area contributed by atoms with E-state index in [0.29, 0.717) is 19.4 Å². The van der Waals surface area contributed by atoms with Gasteiger partial charge < -0.3 is 28.5 Å². The molecule has 320 valence electrons. The highest BCUT2D eigenvalue weighted by Gasteiger charge is 2.49. The number of rotatable bonds is 21. The Balaban J connectivity index is 3.09. The second kappa shape index (κ2) is 21.8. The topological polar surface area (TPSA) is 152 Å². The van der Waals surface area contributed by atoms with Crippen LogP contribution >= 0.6 is 0 Å². The summed E-state index contributed by atoms with van der Waals surface area (Å²) in [5, 5.41) is 10.6.